The Bertz CT molecular complexity index is 555. The molecule has 3 heterocycles. The first-order chi connectivity index (χ1) is 12.5. The van der Waals surface area contributed by atoms with Crippen molar-refractivity contribution in [1.82, 2.24) is 20.0 Å². The van der Waals surface area contributed by atoms with Crippen molar-refractivity contribution >= 4 is 30.1 Å². The highest BCUT2D eigenvalue weighted by molar-refractivity contribution is 5.89. The molecule has 2 unspecified atom stereocenters. The van der Waals surface area contributed by atoms with Crippen molar-refractivity contribution in [2.24, 2.45) is 5.92 Å². The summed E-state index contributed by atoms with van der Waals surface area (Å²) in [6.07, 6.45) is 4.08. The molecule has 3 aliphatic heterocycles. The minimum Gasteiger partial charge on any atom is -0.340 e. The molecule has 0 saturated carbocycles. The number of halogens is 1. The summed E-state index contributed by atoms with van der Waals surface area (Å²) < 4.78 is 0. The molecule has 3 rings (SSSR count). The Morgan fingerprint density at radius 3 is 2.56 bits per heavy atom. The van der Waals surface area contributed by atoms with Crippen molar-refractivity contribution in [2.75, 3.05) is 39.3 Å². The third kappa shape index (κ3) is 4.74. The first-order valence-electron chi connectivity index (χ1n) is 10.1. The molecule has 3 aliphatic rings. The number of hydrogen-bond acceptors (Lipinski definition) is 4. The first kappa shape index (κ1) is 22.0. The molecular formula is C19H33ClN4O3. The summed E-state index contributed by atoms with van der Waals surface area (Å²) >= 11 is 0. The number of piperidine rings is 1. The zero-order chi connectivity index (χ0) is 18.7. The van der Waals surface area contributed by atoms with Crippen LogP contribution in [0.2, 0.25) is 0 Å². The summed E-state index contributed by atoms with van der Waals surface area (Å²) in [6, 6.07) is 0.363. The van der Waals surface area contributed by atoms with Crippen LogP contribution < -0.4 is 5.32 Å². The van der Waals surface area contributed by atoms with E-state index >= 15 is 0 Å². The van der Waals surface area contributed by atoms with Gasteiger partial charge in [0, 0.05) is 51.2 Å². The largest absolute Gasteiger partial charge is 0.340 e. The van der Waals surface area contributed by atoms with E-state index in [2.05, 4.69) is 19.2 Å². The molecule has 3 fully saturated rings. The van der Waals surface area contributed by atoms with Crippen molar-refractivity contribution in [2.45, 2.75) is 58.0 Å². The third-order valence-electron chi connectivity index (χ3n) is 6.17. The number of amides is 3. The smallest absolute Gasteiger partial charge is 0.236 e. The van der Waals surface area contributed by atoms with Gasteiger partial charge in [-0.3, -0.25) is 14.4 Å². The highest BCUT2D eigenvalue weighted by Gasteiger charge is 2.40. The average molecular weight is 401 g/mol. The number of rotatable bonds is 5. The van der Waals surface area contributed by atoms with Gasteiger partial charge in [0.2, 0.25) is 17.7 Å². The van der Waals surface area contributed by atoms with Crippen molar-refractivity contribution in [3.05, 3.63) is 0 Å². The predicted octanol–water partition coefficient (Wildman–Crippen LogP) is 0.868. The Morgan fingerprint density at radius 1 is 1.15 bits per heavy atom. The number of carbonyl (C=O) groups excluding carboxylic acids is 3. The van der Waals surface area contributed by atoms with E-state index < -0.39 is 0 Å². The van der Waals surface area contributed by atoms with Crippen molar-refractivity contribution in [3.63, 3.8) is 0 Å². The molecule has 0 bridgehead atoms. The van der Waals surface area contributed by atoms with E-state index in [9.17, 15) is 14.4 Å². The molecule has 2 atom stereocenters. The van der Waals surface area contributed by atoms with E-state index in [0.29, 0.717) is 26.1 Å². The van der Waals surface area contributed by atoms with Gasteiger partial charge < -0.3 is 20.0 Å². The van der Waals surface area contributed by atoms with Crippen LogP contribution in [0.1, 0.15) is 46.0 Å². The van der Waals surface area contributed by atoms with Gasteiger partial charge in [-0.2, -0.15) is 0 Å². The van der Waals surface area contributed by atoms with Gasteiger partial charge >= 0.3 is 0 Å². The Morgan fingerprint density at radius 2 is 1.89 bits per heavy atom. The maximum absolute atomic E-state index is 13.0. The molecule has 154 valence electrons. The molecule has 27 heavy (non-hydrogen) atoms. The monoisotopic (exact) mass is 400 g/mol. The fourth-order valence-electron chi connectivity index (χ4n) is 4.65. The lowest BCUT2D eigenvalue weighted by atomic mass is 10.00. The van der Waals surface area contributed by atoms with E-state index in [0.717, 1.165) is 45.3 Å². The summed E-state index contributed by atoms with van der Waals surface area (Å²) in [7, 11) is 0. The average Bonchev–Trinajstić information content (AvgIpc) is 3.04. The van der Waals surface area contributed by atoms with Gasteiger partial charge in [0.05, 0.1) is 12.5 Å². The Hall–Kier alpha value is -1.34. The predicted molar refractivity (Wildman–Crippen MR) is 106 cm³/mol. The van der Waals surface area contributed by atoms with Gasteiger partial charge in [-0.25, -0.2) is 0 Å². The fourth-order valence-corrected chi connectivity index (χ4v) is 4.65. The molecule has 0 aromatic rings. The number of hydrogen-bond donors (Lipinski definition) is 1. The lowest BCUT2D eigenvalue weighted by molar-refractivity contribution is -0.142. The van der Waals surface area contributed by atoms with Crippen LogP contribution in [-0.2, 0) is 14.4 Å². The molecule has 0 aromatic heterocycles. The van der Waals surface area contributed by atoms with E-state index in [1.807, 2.05) is 14.7 Å². The molecule has 3 amide bonds. The fraction of sp³-hybridized carbons (Fsp3) is 0.842. The highest BCUT2D eigenvalue weighted by atomic mass is 35.5. The summed E-state index contributed by atoms with van der Waals surface area (Å²) in [5.74, 6) is 0.119. The first-order valence-corrected chi connectivity index (χ1v) is 10.1. The van der Waals surface area contributed by atoms with Crippen LogP contribution in [0.25, 0.3) is 0 Å². The summed E-state index contributed by atoms with van der Waals surface area (Å²) in [5.41, 5.74) is 0. The van der Waals surface area contributed by atoms with Crippen molar-refractivity contribution in [1.29, 1.82) is 0 Å². The number of nitrogens with zero attached hydrogens (tertiary/aromatic N) is 3. The molecule has 1 N–H and O–H groups in total. The van der Waals surface area contributed by atoms with Gasteiger partial charge in [0.25, 0.3) is 0 Å². The quantitative estimate of drug-likeness (QED) is 0.743. The van der Waals surface area contributed by atoms with Crippen LogP contribution in [0.3, 0.4) is 0 Å². The second-order valence-corrected chi connectivity index (χ2v) is 7.76. The van der Waals surface area contributed by atoms with E-state index in [-0.39, 0.29) is 48.1 Å². The van der Waals surface area contributed by atoms with Crippen LogP contribution in [-0.4, -0.2) is 83.8 Å². The topological polar surface area (TPSA) is 73.0 Å². The molecule has 3 saturated heterocycles. The number of piperazine rings is 1. The van der Waals surface area contributed by atoms with Gasteiger partial charge in [0.15, 0.2) is 0 Å². The van der Waals surface area contributed by atoms with Gasteiger partial charge in [0.1, 0.15) is 0 Å². The zero-order valence-electron chi connectivity index (χ0n) is 16.5. The lowest BCUT2D eigenvalue weighted by Crippen LogP contribution is -2.58. The normalized spacial score (nSPS) is 26.6. The standard InChI is InChI=1S/C19H32N4O3.ClH/c1-3-15(4-2)23-12-14(10-17(23)24)19(26)21-8-5-6-16(13-21)22-9-7-20-11-18(22)25;/h14-16,20H,3-13H2,1-2H3;1H. The number of nitrogens with one attached hydrogen (secondary N) is 1. The Labute approximate surface area is 168 Å². The molecule has 0 aliphatic carbocycles. The SMILES string of the molecule is CCC(CC)N1CC(C(=O)N2CCCC(N3CCNCC3=O)C2)CC1=O.Cl. The van der Waals surface area contributed by atoms with Crippen LogP contribution in [0.15, 0.2) is 0 Å². The summed E-state index contributed by atoms with van der Waals surface area (Å²) in [4.78, 5) is 43.3. The molecule has 0 spiro atoms. The zero-order valence-corrected chi connectivity index (χ0v) is 17.3. The number of carbonyl (C=O) groups is 3. The molecule has 0 aromatic carbocycles. The van der Waals surface area contributed by atoms with E-state index in [1.165, 1.54) is 0 Å². The lowest BCUT2D eigenvalue weighted by Gasteiger charge is -2.41. The van der Waals surface area contributed by atoms with Crippen LogP contribution in [0.4, 0.5) is 0 Å². The van der Waals surface area contributed by atoms with Crippen LogP contribution in [0.5, 0.6) is 0 Å². The molecule has 7 nitrogen and oxygen atoms in total. The van der Waals surface area contributed by atoms with E-state index in [4.69, 9.17) is 0 Å². The third-order valence-corrected chi connectivity index (χ3v) is 6.17. The Kier molecular flexibility index (Phi) is 7.91. The summed E-state index contributed by atoms with van der Waals surface area (Å²) in [5, 5.41) is 3.10. The number of likely N-dealkylation sites (tertiary alicyclic amines) is 2. The summed E-state index contributed by atoms with van der Waals surface area (Å²) in [6.45, 7) is 8.02. The van der Waals surface area contributed by atoms with Crippen molar-refractivity contribution < 1.29 is 14.4 Å². The van der Waals surface area contributed by atoms with Crippen molar-refractivity contribution in [3.8, 4) is 0 Å². The van der Waals surface area contributed by atoms with Gasteiger partial charge in [-0.1, -0.05) is 13.8 Å². The minimum absolute atomic E-state index is 0. The maximum atomic E-state index is 13.0. The molecule has 8 heteroatoms. The van der Waals surface area contributed by atoms with Crippen LogP contribution >= 0.6 is 12.4 Å². The second kappa shape index (κ2) is 9.73. The molecule has 0 radical (unpaired) electrons. The Balaban J connectivity index is 0.00000261. The van der Waals surface area contributed by atoms with Gasteiger partial charge in [-0.15, -0.1) is 12.4 Å². The highest BCUT2D eigenvalue weighted by Crippen LogP contribution is 2.26. The van der Waals surface area contributed by atoms with Crippen LogP contribution in [0, 0.1) is 5.92 Å². The second-order valence-electron chi connectivity index (χ2n) is 7.76. The minimum atomic E-state index is -0.222. The van der Waals surface area contributed by atoms with Gasteiger partial charge in [-0.05, 0) is 25.7 Å². The van der Waals surface area contributed by atoms with E-state index in [1.54, 1.807) is 0 Å². The molecular weight excluding hydrogens is 368 g/mol. The maximum Gasteiger partial charge on any atom is 0.236 e.